The summed E-state index contributed by atoms with van der Waals surface area (Å²) >= 11 is 0. The van der Waals surface area contributed by atoms with Crippen molar-refractivity contribution in [3.8, 4) is 0 Å². The van der Waals surface area contributed by atoms with E-state index >= 15 is 0 Å². The molecule has 4 amide bonds. The molecule has 0 unspecified atom stereocenters. The lowest BCUT2D eigenvalue weighted by atomic mass is 10.1. The van der Waals surface area contributed by atoms with Gasteiger partial charge in [-0.05, 0) is 72.2 Å². The molecule has 2 aliphatic heterocycles. The summed E-state index contributed by atoms with van der Waals surface area (Å²) in [5.41, 5.74) is 5.18. The number of carbonyl (C=O) groups is 4. The predicted molar refractivity (Wildman–Crippen MR) is 189 cm³/mol. The number of amides is 4. The van der Waals surface area contributed by atoms with Gasteiger partial charge in [-0.15, -0.1) is 0 Å². The molecule has 8 nitrogen and oxygen atoms in total. The van der Waals surface area contributed by atoms with Crippen LogP contribution in [0.25, 0.3) is 12.2 Å². The van der Waals surface area contributed by atoms with E-state index in [2.05, 4.69) is 10.6 Å². The first-order chi connectivity index (χ1) is 23.4. The first kappa shape index (κ1) is 32.4. The monoisotopic (exact) mass is 640 g/mol. The van der Waals surface area contributed by atoms with Gasteiger partial charge in [0.05, 0.1) is 12.8 Å². The summed E-state index contributed by atoms with van der Waals surface area (Å²) in [7, 11) is 0. The number of nitrogens with zero attached hydrogens (tertiary/aromatic N) is 2. The maximum Gasteiger partial charge on any atom is 0.247 e. The molecule has 2 atom stereocenters. The van der Waals surface area contributed by atoms with Crippen molar-refractivity contribution >= 4 is 47.2 Å². The van der Waals surface area contributed by atoms with Crippen molar-refractivity contribution in [3.63, 3.8) is 0 Å². The number of hydrogen-bond donors (Lipinski definition) is 2. The second-order valence-corrected chi connectivity index (χ2v) is 12.4. The number of carbonyl (C=O) groups excluding carboxylic acids is 4. The lowest BCUT2D eigenvalue weighted by Crippen LogP contribution is -2.43. The van der Waals surface area contributed by atoms with Gasteiger partial charge in [-0.3, -0.25) is 19.2 Å². The smallest absolute Gasteiger partial charge is 0.247 e. The van der Waals surface area contributed by atoms with Crippen molar-refractivity contribution in [2.75, 3.05) is 23.7 Å². The average Bonchev–Trinajstić information content (AvgIpc) is 3.81. The van der Waals surface area contributed by atoms with Crippen LogP contribution in [0.4, 0.5) is 11.4 Å². The largest absolute Gasteiger partial charge is 0.330 e. The van der Waals surface area contributed by atoms with Gasteiger partial charge in [-0.2, -0.15) is 0 Å². The molecule has 2 fully saturated rings. The maximum absolute atomic E-state index is 13.1. The van der Waals surface area contributed by atoms with Crippen molar-refractivity contribution in [2.24, 2.45) is 0 Å². The number of likely N-dealkylation sites (tertiary alicyclic amines) is 2. The maximum atomic E-state index is 13.1. The van der Waals surface area contributed by atoms with Crippen LogP contribution >= 0.6 is 0 Å². The Kier molecular flexibility index (Phi) is 10.4. The number of benzene rings is 4. The van der Waals surface area contributed by atoms with Gasteiger partial charge in [0.2, 0.25) is 23.6 Å². The molecular formula is C40H40N4O4. The van der Waals surface area contributed by atoms with Crippen LogP contribution < -0.4 is 10.6 Å². The fourth-order valence-electron chi connectivity index (χ4n) is 6.42. The molecule has 0 aromatic heterocycles. The summed E-state index contributed by atoms with van der Waals surface area (Å²) in [6.07, 6.45) is 7.48. The lowest BCUT2D eigenvalue weighted by molar-refractivity contribution is -0.136. The second-order valence-electron chi connectivity index (χ2n) is 12.4. The van der Waals surface area contributed by atoms with Gasteiger partial charge in [0.1, 0.15) is 12.1 Å². The van der Waals surface area contributed by atoms with Gasteiger partial charge in [0, 0.05) is 24.5 Å². The Hall–Kier alpha value is -5.50. The molecule has 0 bridgehead atoms. The number of nitrogens with one attached hydrogen (secondary N) is 2. The van der Waals surface area contributed by atoms with Crippen LogP contribution in [0.5, 0.6) is 0 Å². The molecule has 0 spiro atoms. The lowest BCUT2D eigenvalue weighted by Gasteiger charge is -2.24. The number of hydrogen-bond acceptors (Lipinski definition) is 4. The highest BCUT2D eigenvalue weighted by atomic mass is 16.2. The highest BCUT2D eigenvalue weighted by Crippen LogP contribution is 2.23. The minimum absolute atomic E-state index is 0.0266. The summed E-state index contributed by atoms with van der Waals surface area (Å²) < 4.78 is 0. The van der Waals surface area contributed by atoms with Gasteiger partial charge in [-0.25, -0.2) is 0 Å². The normalized spacial score (nSPS) is 17.4. The molecule has 4 aromatic rings. The Morgan fingerprint density at radius 3 is 1.29 bits per heavy atom. The van der Waals surface area contributed by atoms with Gasteiger partial charge >= 0.3 is 0 Å². The first-order valence-corrected chi connectivity index (χ1v) is 16.6. The Morgan fingerprint density at radius 2 is 0.917 bits per heavy atom. The summed E-state index contributed by atoms with van der Waals surface area (Å²) in [5, 5.41) is 5.96. The zero-order valence-electron chi connectivity index (χ0n) is 26.9. The van der Waals surface area contributed by atoms with Crippen molar-refractivity contribution in [1.29, 1.82) is 0 Å². The molecule has 2 saturated heterocycles. The van der Waals surface area contributed by atoms with E-state index in [-0.39, 0.29) is 23.6 Å². The number of rotatable bonds is 10. The van der Waals surface area contributed by atoms with Crippen molar-refractivity contribution in [2.45, 2.75) is 50.6 Å². The van der Waals surface area contributed by atoms with Crippen LogP contribution in [0.3, 0.4) is 0 Å². The molecule has 6 rings (SSSR count). The molecule has 244 valence electrons. The molecule has 48 heavy (non-hydrogen) atoms. The zero-order valence-corrected chi connectivity index (χ0v) is 26.9. The summed E-state index contributed by atoms with van der Waals surface area (Å²) in [5.74, 6) is -0.380. The summed E-state index contributed by atoms with van der Waals surface area (Å²) in [4.78, 5) is 55.5. The van der Waals surface area contributed by atoms with Gasteiger partial charge in [-0.1, -0.05) is 97.1 Å². The standard InChI is InChI=1S/C40H40N4O4/c45-37(27-31-9-3-1-4-10-31)43-25-7-13-35(43)39(47)41-33-21-17-29(18-22-33)15-16-30-19-23-34(24-20-30)42-40(48)36-14-8-26-44(36)38(46)28-32-11-5-2-6-12-32/h1-6,9-12,15-24,35-36H,7-8,13-14,25-28H2,(H,41,47)(H,42,48)/t35-,36+. The minimum Gasteiger partial charge on any atom is -0.330 e. The third-order valence-corrected chi connectivity index (χ3v) is 8.97. The Morgan fingerprint density at radius 1 is 0.542 bits per heavy atom. The molecule has 2 heterocycles. The summed E-state index contributed by atoms with van der Waals surface area (Å²) in [6.45, 7) is 1.19. The fourth-order valence-corrected chi connectivity index (χ4v) is 6.42. The number of anilines is 2. The molecular weight excluding hydrogens is 600 g/mol. The fraction of sp³-hybridized carbons (Fsp3) is 0.250. The quantitative estimate of drug-likeness (QED) is 0.202. The van der Waals surface area contributed by atoms with Crippen molar-refractivity contribution < 1.29 is 19.2 Å². The van der Waals surface area contributed by atoms with Crippen LogP contribution in [0, 0.1) is 0 Å². The second kappa shape index (κ2) is 15.4. The van der Waals surface area contributed by atoms with Gasteiger partial charge < -0.3 is 20.4 Å². The topological polar surface area (TPSA) is 98.8 Å². The van der Waals surface area contributed by atoms with Crippen LogP contribution in [0.1, 0.15) is 47.9 Å². The van der Waals surface area contributed by atoms with Crippen molar-refractivity contribution in [1.82, 2.24) is 9.80 Å². The third kappa shape index (κ3) is 8.25. The van der Waals surface area contributed by atoms with E-state index in [9.17, 15) is 19.2 Å². The van der Waals surface area contributed by atoms with E-state index in [4.69, 9.17) is 0 Å². The predicted octanol–water partition coefficient (Wildman–Crippen LogP) is 6.20. The zero-order chi connectivity index (χ0) is 33.3. The van der Waals surface area contributed by atoms with Gasteiger partial charge in [0.15, 0.2) is 0 Å². The molecule has 0 saturated carbocycles. The summed E-state index contributed by atoms with van der Waals surface area (Å²) in [6, 6.07) is 33.4. The van der Waals surface area contributed by atoms with E-state index < -0.39 is 12.1 Å². The van der Waals surface area contributed by atoms with E-state index in [1.54, 1.807) is 9.80 Å². The molecule has 2 N–H and O–H groups in total. The Bertz CT molecular complexity index is 1620. The van der Waals surface area contributed by atoms with E-state index in [0.717, 1.165) is 35.1 Å². The van der Waals surface area contributed by atoms with E-state index in [0.29, 0.717) is 50.1 Å². The molecule has 2 aliphatic rings. The van der Waals surface area contributed by atoms with E-state index in [1.807, 2.05) is 121 Å². The average molecular weight is 641 g/mol. The van der Waals surface area contributed by atoms with Crippen LogP contribution in [-0.4, -0.2) is 58.6 Å². The van der Waals surface area contributed by atoms with Gasteiger partial charge in [0.25, 0.3) is 0 Å². The Balaban J connectivity index is 0.985. The Labute approximate surface area is 281 Å². The molecule has 0 aliphatic carbocycles. The highest BCUT2D eigenvalue weighted by Gasteiger charge is 2.35. The van der Waals surface area contributed by atoms with Crippen LogP contribution in [-0.2, 0) is 32.0 Å². The van der Waals surface area contributed by atoms with E-state index in [1.165, 1.54) is 0 Å². The van der Waals surface area contributed by atoms with Crippen LogP contribution in [0.15, 0.2) is 109 Å². The van der Waals surface area contributed by atoms with Crippen LogP contribution in [0.2, 0.25) is 0 Å². The minimum atomic E-state index is -0.465. The van der Waals surface area contributed by atoms with Crippen molar-refractivity contribution in [3.05, 3.63) is 131 Å². The molecule has 4 aromatic carbocycles. The molecule has 8 heteroatoms. The highest BCUT2D eigenvalue weighted by molar-refractivity contribution is 5.98. The molecule has 0 radical (unpaired) electrons. The SMILES string of the molecule is O=C(Nc1ccc(C=Cc2ccc(NC(=O)[C@@H]3CCCN3C(=O)Cc3ccccc3)cc2)cc1)[C@H]1CCCN1C(=O)Cc1ccccc1. The first-order valence-electron chi connectivity index (χ1n) is 16.6. The third-order valence-electron chi connectivity index (χ3n) is 8.97.